The Morgan fingerprint density at radius 2 is 1.72 bits per heavy atom. The molecule has 0 unspecified atom stereocenters. The van der Waals surface area contributed by atoms with E-state index in [9.17, 15) is 9.18 Å². The number of aryl methyl sites for hydroxylation is 1. The topological polar surface area (TPSA) is 35.6 Å². The molecule has 3 rings (SSSR count). The SMILES string of the molecule is CCCc1ccccc1NC(=O)N1CCN(c2ccc(F)cc2)CC1. The summed E-state index contributed by atoms with van der Waals surface area (Å²) in [6.45, 7) is 4.93. The number of halogens is 1. The van der Waals surface area contributed by atoms with E-state index >= 15 is 0 Å². The number of carbonyl (C=O) groups is 1. The molecule has 0 radical (unpaired) electrons. The van der Waals surface area contributed by atoms with Gasteiger partial charge in [-0.3, -0.25) is 0 Å². The van der Waals surface area contributed by atoms with Crippen LogP contribution < -0.4 is 10.2 Å². The molecular weight excluding hydrogens is 317 g/mol. The second kappa shape index (κ2) is 8.01. The van der Waals surface area contributed by atoms with Crippen molar-refractivity contribution in [1.29, 1.82) is 0 Å². The van der Waals surface area contributed by atoms with E-state index < -0.39 is 0 Å². The number of hydrogen-bond acceptors (Lipinski definition) is 2. The van der Waals surface area contributed by atoms with Crippen LogP contribution in [-0.2, 0) is 6.42 Å². The highest BCUT2D eigenvalue weighted by molar-refractivity contribution is 5.90. The minimum atomic E-state index is -0.229. The summed E-state index contributed by atoms with van der Waals surface area (Å²) in [5, 5.41) is 3.05. The number of carbonyl (C=O) groups excluding carboxylic acids is 1. The van der Waals surface area contributed by atoms with E-state index in [0.717, 1.165) is 37.3 Å². The second-order valence-corrected chi connectivity index (χ2v) is 6.29. The molecule has 0 saturated carbocycles. The van der Waals surface area contributed by atoms with Crippen molar-refractivity contribution in [2.24, 2.45) is 0 Å². The summed E-state index contributed by atoms with van der Waals surface area (Å²) in [5.41, 5.74) is 3.06. The third kappa shape index (κ3) is 4.29. The smallest absolute Gasteiger partial charge is 0.321 e. The summed E-state index contributed by atoms with van der Waals surface area (Å²) in [6.07, 6.45) is 2.00. The van der Waals surface area contributed by atoms with Crippen molar-refractivity contribution >= 4 is 17.4 Å². The van der Waals surface area contributed by atoms with Crippen molar-refractivity contribution in [3.8, 4) is 0 Å². The maximum absolute atomic E-state index is 13.0. The fourth-order valence-electron chi connectivity index (χ4n) is 3.14. The van der Waals surface area contributed by atoms with Crippen molar-refractivity contribution < 1.29 is 9.18 Å². The van der Waals surface area contributed by atoms with Crippen molar-refractivity contribution in [2.45, 2.75) is 19.8 Å². The summed E-state index contributed by atoms with van der Waals surface area (Å²) in [7, 11) is 0. The van der Waals surface area contributed by atoms with E-state index in [-0.39, 0.29) is 11.8 Å². The zero-order chi connectivity index (χ0) is 17.6. The van der Waals surface area contributed by atoms with Gasteiger partial charge in [0.05, 0.1) is 0 Å². The van der Waals surface area contributed by atoms with Gasteiger partial charge in [-0.05, 0) is 42.3 Å². The highest BCUT2D eigenvalue weighted by Crippen LogP contribution is 2.19. The van der Waals surface area contributed by atoms with Gasteiger partial charge < -0.3 is 15.1 Å². The first-order chi connectivity index (χ1) is 12.2. The van der Waals surface area contributed by atoms with Gasteiger partial charge in [-0.1, -0.05) is 31.5 Å². The average molecular weight is 341 g/mol. The Kier molecular flexibility index (Phi) is 5.53. The van der Waals surface area contributed by atoms with E-state index in [1.54, 1.807) is 12.1 Å². The van der Waals surface area contributed by atoms with Crippen LogP contribution in [0.1, 0.15) is 18.9 Å². The van der Waals surface area contributed by atoms with Gasteiger partial charge in [0, 0.05) is 37.6 Å². The first-order valence-electron chi connectivity index (χ1n) is 8.81. The van der Waals surface area contributed by atoms with E-state index in [1.165, 1.54) is 17.7 Å². The Hall–Kier alpha value is -2.56. The van der Waals surface area contributed by atoms with Crippen LogP contribution >= 0.6 is 0 Å². The van der Waals surface area contributed by atoms with Gasteiger partial charge in [0.15, 0.2) is 0 Å². The minimum absolute atomic E-state index is 0.0534. The van der Waals surface area contributed by atoms with Crippen molar-refractivity contribution in [3.63, 3.8) is 0 Å². The van der Waals surface area contributed by atoms with Gasteiger partial charge >= 0.3 is 6.03 Å². The number of para-hydroxylation sites is 1. The first kappa shape index (κ1) is 17.3. The largest absolute Gasteiger partial charge is 0.368 e. The van der Waals surface area contributed by atoms with Gasteiger partial charge in [0.25, 0.3) is 0 Å². The Bertz CT molecular complexity index is 709. The maximum atomic E-state index is 13.0. The standard InChI is InChI=1S/C20H24FN3O/c1-2-5-16-6-3-4-7-19(16)22-20(25)24-14-12-23(13-15-24)18-10-8-17(21)9-11-18/h3-4,6-11H,2,5,12-15H2,1H3,(H,22,25). The fraction of sp³-hybridized carbons (Fsp3) is 0.350. The maximum Gasteiger partial charge on any atom is 0.321 e. The number of piperazine rings is 1. The highest BCUT2D eigenvalue weighted by Gasteiger charge is 2.21. The van der Waals surface area contributed by atoms with Crippen LogP contribution in [-0.4, -0.2) is 37.1 Å². The molecular formula is C20H24FN3O. The molecule has 1 aliphatic heterocycles. The quantitative estimate of drug-likeness (QED) is 0.907. The van der Waals surface area contributed by atoms with Crippen LogP contribution in [0, 0.1) is 5.82 Å². The highest BCUT2D eigenvalue weighted by atomic mass is 19.1. The Morgan fingerprint density at radius 3 is 2.40 bits per heavy atom. The van der Waals surface area contributed by atoms with E-state index in [4.69, 9.17) is 0 Å². The Morgan fingerprint density at radius 1 is 1.04 bits per heavy atom. The predicted molar refractivity (Wildman–Crippen MR) is 99.6 cm³/mol. The van der Waals surface area contributed by atoms with E-state index in [1.807, 2.05) is 23.1 Å². The normalized spacial score (nSPS) is 14.5. The molecule has 1 N–H and O–H groups in total. The minimum Gasteiger partial charge on any atom is -0.368 e. The van der Waals surface area contributed by atoms with Gasteiger partial charge in [-0.15, -0.1) is 0 Å². The van der Waals surface area contributed by atoms with Gasteiger partial charge in [-0.2, -0.15) is 0 Å². The summed E-state index contributed by atoms with van der Waals surface area (Å²) in [6, 6.07) is 14.4. The van der Waals surface area contributed by atoms with Crippen LogP contribution in [0.5, 0.6) is 0 Å². The zero-order valence-electron chi connectivity index (χ0n) is 14.5. The molecule has 25 heavy (non-hydrogen) atoms. The number of nitrogens with one attached hydrogen (secondary N) is 1. The zero-order valence-corrected chi connectivity index (χ0v) is 14.5. The Balaban J connectivity index is 1.57. The molecule has 1 saturated heterocycles. The molecule has 1 fully saturated rings. The summed E-state index contributed by atoms with van der Waals surface area (Å²) in [5.74, 6) is -0.229. The third-order valence-corrected chi connectivity index (χ3v) is 4.54. The molecule has 0 aromatic heterocycles. The lowest BCUT2D eigenvalue weighted by atomic mass is 10.1. The number of amides is 2. The number of rotatable bonds is 4. The first-order valence-corrected chi connectivity index (χ1v) is 8.81. The van der Waals surface area contributed by atoms with Gasteiger partial charge in [0.2, 0.25) is 0 Å². The predicted octanol–water partition coefficient (Wildman–Crippen LogP) is 4.13. The van der Waals surface area contributed by atoms with Crippen molar-refractivity contribution in [3.05, 3.63) is 59.9 Å². The average Bonchev–Trinajstić information content (AvgIpc) is 2.64. The fourth-order valence-corrected chi connectivity index (χ4v) is 3.14. The summed E-state index contributed by atoms with van der Waals surface area (Å²) >= 11 is 0. The molecule has 0 atom stereocenters. The van der Waals surface area contributed by atoms with Crippen LogP contribution in [0.25, 0.3) is 0 Å². The molecule has 5 heteroatoms. The molecule has 4 nitrogen and oxygen atoms in total. The molecule has 2 aromatic carbocycles. The molecule has 0 spiro atoms. The molecule has 0 bridgehead atoms. The monoisotopic (exact) mass is 341 g/mol. The lowest BCUT2D eigenvalue weighted by Crippen LogP contribution is -2.50. The molecule has 2 aromatic rings. The molecule has 1 heterocycles. The van der Waals surface area contributed by atoms with Crippen molar-refractivity contribution in [1.82, 2.24) is 4.90 Å². The number of urea groups is 1. The van der Waals surface area contributed by atoms with Gasteiger partial charge in [0.1, 0.15) is 5.82 Å². The van der Waals surface area contributed by atoms with E-state index in [2.05, 4.69) is 23.2 Å². The lowest BCUT2D eigenvalue weighted by Gasteiger charge is -2.36. The third-order valence-electron chi connectivity index (χ3n) is 4.54. The summed E-state index contributed by atoms with van der Waals surface area (Å²) in [4.78, 5) is 16.6. The number of nitrogens with zero attached hydrogens (tertiary/aromatic N) is 2. The number of hydrogen-bond donors (Lipinski definition) is 1. The molecule has 132 valence electrons. The van der Waals surface area contributed by atoms with E-state index in [0.29, 0.717) is 13.1 Å². The molecule has 2 amide bonds. The van der Waals surface area contributed by atoms with Crippen LogP contribution in [0.4, 0.5) is 20.6 Å². The van der Waals surface area contributed by atoms with Crippen LogP contribution in [0.3, 0.4) is 0 Å². The molecule has 1 aliphatic rings. The lowest BCUT2D eigenvalue weighted by molar-refractivity contribution is 0.208. The Labute approximate surface area is 148 Å². The second-order valence-electron chi connectivity index (χ2n) is 6.29. The summed E-state index contributed by atoms with van der Waals surface area (Å²) < 4.78 is 13.0. The number of benzene rings is 2. The van der Waals surface area contributed by atoms with Crippen LogP contribution in [0.15, 0.2) is 48.5 Å². The van der Waals surface area contributed by atoms with Crippen molar-refractivity contribution in [2.75, 3.05) is 36.4 Å². The van der Waals surface area contributed by atoms with Gasteiger partial charge in [-0.25, -0.2) is 9.18 Å². The van der Waals surface area contributed by atoms with Crippen LogP contribution in [0.2, 0.25) is 0 Å². The molecule has 0 aliphatic carbocycles. The number of anilines is 2.